The topological polar surface area (TPSA) is 54.6 Å². The highest BCUT2D eigenvalue weighted by atomic mass is 35.5. The number of carbonyl (C=O) groups is 1. The molecule has 0 aliphatic carbocycles. The van der Waals surface area contributed by atoms with Crippen molar-refractivity contribution in [3.8, 4) is 0 Å². The van der Waals surface area contributed by atoms with E-state index in [1.54, 1.807) is 18.2 Å². The normalized spacial score (nSPS) is 10.8. The highest BCUT2D eigenvalue weighted by Gasteiger charge is 2.18. The Morgan fingerprint density at radius 2 is 2.33 bits per heavy atom. The molecule has 0 aliphatic heterocycles. The minimum Gasteiger partial charge on any atom is -0.477 e. The molecule has 5 heteroatoms. The third-order valence-electron chi connectivity index (χ3n) is 2.21. The zero-order chi connectivity index (χ0) is 11.0. The van der Waals surface area contributed by atoms with Gasteiger partial charge < -0.3 is 5.11 Å². The number of nitrogens with zero attached hydrogens (tertiary/aromatic N) is 2. The molecule has 15 heavy (non-hydrogen) atoms. The minimum atomic E-state index is -1.01. The highest BCUT2D eigenvalue weighted by Crippen LogP contribution is 2.19. The first-order valence-corrected chi connectivity index (χ1v) is 4.92. The number of fused-ring (bicyclic) bond motifs is 1. The van der Waals surface area contributed by atoms with Crippen LogP contribution in [0.25, 0.3) is 5.65 Å². The SMILES string of the molecule is CCc1nc2cccc(Cl)n2c1C(=O)O. The molecule has 0 aliphatic rings. The number of pyridine rings is 1. The fourth-order valence-electron chi connectivity index (χ4n) is 1.57. The quantitative estimate of drug-likeness (QED) is 0.796. The molecule has 0 fully saturated rings. The van der Waals surface area contributed by atoms with Gasteiger partial charge in [-0.05, 0) is 18.6 Å². The van der Waals surface area contributed by atoms with Gasteiger partial charge >= 0.3 is 5.97 Å². The van der Waals surface area contributed by atoms with Crippen LogP contribution in [0.1, 0.15) is 23.1 Å². The standard InChI is InChI=1S/C10H9ClN2O2/c1-2-6-9(10(14)15)13-7(11)4-3-5-8(13)12-6/h3-5H,2H2,1H3,(H,14,15). The van der Waals surface area contributed by atoms with Crippen molar-refractivity contribution in [2.24, 2.45) is 0 Å². The fraction of sp³-hybridized carbons (Fsp3) is 0.200. The molecule has 0 atom stereocenters. The van der Waals surface area contributed by atoms with E-state index in [1.807, 2.05) is 6.92 Å². The average molecular weight is 225 g/mol. The molecule has 2 rings (SSSR count). The van der Waals surface area contributed by atoms with E-state index in [0.29, 0.717) is 22.9 Å². The zero-order valence-electron chi connectivity index (χ0n) is 8.07. The number of carboxylic acid groups (broad SMARTS) is 1. The second kappa shape index (κ2) is 3.55. The summed E-state index contributed by atoms with van der Waals surface area (Å²) in [5.74, 6) is -1.01. The van der Waals surface area contributed by atoms with E-state index >= 15 is 0 Å². The summed E-state index contributed by atoms with van der Waals surface area (Å²) >= 11 is 5.94. The molecule has 0 unspecified atom stereocenters. The number of halogens is 1. The first-order valence-electron chi connectivity index (χ1n) is 4.54. The van der Waals surface area contributed by atoms with Crippen molar-refractivity contribution in [2.75, 3.05) is 0 Å². The van der Waals surface area contributed by atoms with Gasteiger partial charge in [0.1, 0.15) is 10.8 Å². The van der Waals surface area contributed by atoms with Crippen molar-refractivity contribution in [1.82, 2.24) is 9.38 Å². The minimum absolute atomic E-state index is 0.151. The molecule has 0 bridgehead atoms. The lowest BCUT2D eigenvalue weighted by molar-refractivity contribution is 0.0688. The number of hydrogen-bond acceptors (Lipinski definition) is 2. The molecule has 0 spiro atoms. The van der Waals surface area contributed by atoms with E-state index in [0.717, 1.165) is 0 Å². The lowest BCUT2D eigenvalue weighted by Crippen LogP contribution is -2.05. The van der Waals surface area contributed by atoms with Crippen LogP contribution in [0, 0.1) is 0 Å². The predicted molar refractivity (Wildman–Crippen MR) is 56.5 cm³/mol. The molecular formula is C10H9ClN2O2. The van der Waals surface area contributed by atoms with Gasteiger partial charge in [0.25, 0.3) is 0 Å². The second-order valence-electron chi connectivity index (χ2n) is 3.11. The number of aromatic carboxylic acids is 1. The van der Waals surface area contributed by atoms with Gasteiger partial charge in [0, 0.05) is 0 Å². The Morgan fingerprint density at radius 1 is 1.60 bits per heavy atom. The van der Waals surface area contributed by atoms with Gasteiger partial charge in [0.15, 0.2) is 5.69 Å². The van der Waals surface area contributed by atoms with Gasteiger partial charge in [-0.3, -0.25) is 4.40 Å². The lowest BCUT2D eigenvalue weighted by Gasteiger charge is -2.00. The Balaban J connectivity index is 2.88. The van der Waals surface area contributed by atoms with Crippen LogP contribution in [0.15, 0.2) is 18.2 Å². The number of carboxylic acids is 1. The van der Waals surface area contributed by atoms with Crippen LogP contribution in [-0.4, -0.2) is 20.5 Å². The monoisotopic (exact) mass is 224 g/mol. The van der Waals surface area contributed by atoms with E-state index in [4.69, 9.17) is 16.7 Å². The van der Waals surface area contributed by atoms with Crippen LogP contribution in [0.3, 0.4) is 0 Å². The zero-order valence-corrected chi connectivity index (χ0v) is 8.82. The van der Waals surface area contributed by atoms with E-state index < -0.39 is 5.97 Å². The molecule has 4 nitrogen and oxygen atoms in total. The molecule has 0 saturated heterocycles. The number of imidazole rings is 1. The summed E-state index contributed by atoms with van der Waals surface area (Å²) < 4.78 is 1.45. The van der Waals surface area contributed by atoms with Crippen molar-refractivity contribution in [3.63, 3.8) is 0 Å². The van der Waals surface area contributed by atoms with Crippen LogP contribution < -0.4 is 0 Å². The Labute approximate surface area is 91.1 Å². The molecule has 0 saturated carbocycles. The van der Waals surface area contributed by atoms with E-state index in [-0.39, 0.29) is 5.69 Å². The number of aromatic nitrogens is 2. The van der Waals surface area contributed by atoms with Crippen molar-refractivity contribution in [2.45, 2.75) is 13.3 Å². The van der Waals surface area contributed by atoms with Crippen molar-refractivity contribution in [1.29, 1.82) is 0 Å². The summed E-state index contributed by atoms with van der Waals surface area (Å²) in [5, 5.41) is 9.45. The third kappa shape index (κ3) is 1.47. The lowest BCUT2D eigenvalue weighted by atomic mass is 10.2. The van der Waals surface area contributed by atoms with Crippen molar-refractivity contribution >= 4 is 23.2 Å². The fourth-order valence-corrected chi connectivity index (χ4v) is 1.81. The van der Waals surface area contributed by atoms with Gasteiger partial charge in [-0.15, -0.1) is 0 Å². The van der Waals surface area contributed by atoms with E-state index in [9.17, 15) is 4.79 Å². The van der Waals surface area contributed by atoms with Crippen LogP contribution in [0.5, 0.6) is 0 Å². The Morgan fingerprint density at radius 3 is 2.93 bits per heavy atom. The predicted octanol–water partition coefficient (Wildman–Crippen LogP) is 2.25. The number of rotatable bonds is 2. The highest BCUT2D eigenvalue weighted by molar-refractivity contribution is 6.30. The molecule has 0 aromatic carbocycles. The van der Waals surface area contributed by atoms with Crippen LogP contribution in [0.4, 0.5) is 0 Å². The maximum absolute atomic E-state index is 11.1. The van der Waals surface area contributed by atoms with Gasteiger partial charge in [-0.1, -0.05) is 24.6 Å². The summed E-state index contributed by atoms with van der Waals surface area (Å²) in [6, 6.07) is 5.12. The van der Waals surface area contributed by atoms with Gasteiger partial charge in [0.05, 0.1) is 5.69 Å². The number of hydrogen-bond donors (Lipinski definition) is 1. The maximum Gasteiger partial charge on any atom is 0.354 e. The maximum atomic E-state index is 11.1. The number of aryl methyl sites for hydroxylation is 1. The van der Waals surface area contributed by atoms with Gasteiger partial charge in [-0.2, -0.15) is 0 Å². The summed E-state index contributed by atoms with van der Waals surface area (Å²) in [7, 11) is 0. The molecule has 0 amide bonds. The van der Waals surface area contributed by atoms with Crippen molar-refractivity contribution < 1.29 is 9.90 Å². The second-order valence-corrected chi connectivity index (χ2v) is 3.50. The molecule has 1 N–H and O–H groups in total. The van der Waals surface area contributed by atoms with Crippen LogP contribution in [-0.2, 0) is 6.42 Å². The van der Waals surface area contributed by atoms with E-state index in [2.05, 4.69) is 4.98 Å². The molecular weight excluding hydrogens is 216 g/mol. The summed E-state index contributed by atoms with van der Waals surface area (Å²) in [5.41, 5.74) is 1.27. The summed E-state index contributed by atoms with van der Waals surface area (Å²) in [4.78, 5) is 15.3. The average Bonchev–Trinajstić information content (AvgIpc) is 2.57. The molecule has 78 valence electrons. The van der Waals surface area contributed by atoms with Gasteiger partial charge in [-0.25, -0.2) is 9.78 Å². The first kappa shape index (κ1) is 9.98. The molecule has 2 aromatic rings. The molecule has 0 radical (unpaired) electrons. The molecule has 2 heterocycles. The Kier molecular flexibility index (Phi) is 2.36. The molecule has 2 aromatic heterocycles. The van der Waals surface area contributed by atoms with Gasteiger partial charge in [0.2, 0.25) is 0 Å². The largest absolute Gasteiger partial charge is 0.477 e. The third-order valence-corrected chi connectivity index (χ3v) is 2.50. The Hall–Kier alpha value is -1.55. The van der Waals surface area contributed by atoms with Crippen LogP contribution in [0.2, 0.25) is 5.15 Å². The van der Waals surface area contributed by atoms with Crippen molar-refractivity contribution in [3.05, 3.63) is 34.7 Å². The first-order chi connectivity index (χ1) is 7.15. The van der Waals surface area contributed by atoms with E-state index in [1.165, 1.54) is 4.40 Å². The van der Waals surface area contributed by atoms with Crippen LogP contribution >= 0.6 is 11.6 Å². The summed E-state index contributed by atoms with van der Waals surface area (Å²) in [6.45, 7) is 1.86. The Bertz CT molecular complexity index is 533. The smallest absolute Gasteiger partial charge is 0.354 e. The summed E-state index contributed by atoms with van der Waals surface area (Å²) in [6.07, 6.45) is 0.569.